The molecule has 0 unspecified atom stereocenters. The van der Waals surface area contributed by atoms with E-state index in [0.29, 0.717) is 11.8 Å². The Hall–Kier alpha value is -3.40. The normalized spacial score (nSPS) is 28.7. The number of hydrogen-bond acceptors (Lipinski definition) is 4. The summed E-state index contributed by atoms with van der Waals surface area (Å²) in [5.74, 6) is -0.109. The number of allylic oxidation sites excluding steroid dienone is 4. The molecule has 0 heterocycles. The van der Waals surface area contributed by atoms with E-state index in [2.05, 4.69) is 74.1 Å². The van der Waals surface area contributed by atoms with E-state index in [1.807, 2.05) is 6.08 Å². The molecule has 6 atom stereocenters. The molecule has 2 saturated carbocycles. The first-order valence-electron chi connectivity index (χ1n) is 15.5. The molecule has 0 spiro atoms. The van der Waals surface area contributed by atoms with Crippen LogP contribution in [0.5, 0.6) is 0 Å². The van der Waals surface area contributed by atoms with Crippen LogP contribution in [0.1, 0.15) is 93.9 Å². The number of carbonyl (C=O) groups excluding carboxylic acids is 2. The quantitative estimate of drug-likeness (QED) is 0.181. The molecule has 0 saturated heterocycles. The lowest BCUT2D eigenvalue weighted by Gasteiger charge is -2.46. The van der Waals surface area contributed by atoms with Crippen LogP contribution in [0.15, 0.2) is 97.7 Å². The van der Waals surface area contributed by atoms with Crippen molar-refractivity contribution >= 4 is 11.9 Å². The molecule has 1 aromatic carbocycles. The van der Waals surface area contributed by atoms with E-state index in [1.54, 1.807) is 24.3 Å². The van der Waals surface area contributed by atoms with Gasteiger partial charge in [0, 0.05) is 0 Å². The Balaban J connectivity index is 1.68. The minimum atomic E-state index is -0.577. The van der Waals surface area contributed by atoms with Gasteiger partial charge in [0.05, 0.1) is 11.1 Å². The molecule has 0 radical (unpaired) electrons. The largest absolute Gasteiger partial charge is 0.458 e. The van der Waals surface area contributed by atoms with Gasteiger partial charge in [-0.1, -0.05) is 81.7 Å². The number of hydrogen-bond donors (Lipinski definition) is 0. The minimum absolute atomic E-state index is 0.0705. The lowest BCUT2D eigenvalue weighted by atomic mass is 9.58. The first-order valence-corrected chi connectivity index (χ1v) is 15.5. The fourth-order valence-corrected chi connectivity index (χ4v) is 7.05. The fourth-order valence-electron chi connectivity index (χ4n) is 7.05. The Labute approximate surface area is 260 Å². The second-order valence-corrected chi connectivity index (χ2v) is 13.7. The maximum absolute atomic E-state index is 13.3. The first-order chi connectivity index (χ1) is 20.1. The third-order valence-corrected chi connectivity index (χ3v) is 10.6. The highest BCUT2D eigenvalue weighted by molar-refractivity contribution is 6.03. The summed E-state index contributed by atoms with van der Waals surface area (Å²) in [5, 5.41) is 0. The molecule has 2 aliphatic rings. The summed E-state index contributed by atoms with van der Waals surface area (Å²) >= 11 is 0. The van der Waals surface area contributed by atoms with Crippen molar-refractivity contribution < 1.29 is 19.1 Å². The topological polar surface area (TPSA) is 52.6 Å². The smallest absolute Gasteiger partial charge is 0.339 e. The van der Waals surface area contributed by atoms with Gasteiger partial charge in [0.15, 0.2) is 0 Å². The molecular weight excluding hydrogens is 532 g/mol. The molecule has 0 amide bonds. The second kappa shape index (κ2) is 13.9. The number of ether oxygens (including phenoxy) is 2. The minimum Gasteiger partial charge on any atom is -0.458 e. The Kier molecular flexibility index (Phi) is 11.0. The van der Waals surface area contributed by atoms with E-state index in [4.69, 9.17) is 9.47 Å². The fraction of sp³-hybridized carbons (Fsp3) is 0.487. The van der Waals surface area contributed by atoms with Crippen molar-refractivity contribution in [1.82, 2.24) is 0 Å². The summed E-state index contributed by atoms with van der Waals surface area (Å²) in [6.45, 7) is 36.1. The van der Waals surface area contributed by atoms with Gasteiger partial charge in [-0.25, -0.2) is 9.59 Å². The van der Waals surface area contributed by atoms with Crippen molar-refractivity contribution in [2.75, 3.05) is 13.2 Å². The first kappa shape index (κ1) is 34.1. The molecule has 0 aliphatic heterocycles. The zero-order chi connectivity index (χ0) is 32.1. The number of benzene rings is 1. The van der Waals surface area contributed by atoms with Gasteiger partial charge in [0.1, 0.15) is 13.2 Å². The Morgan fingerprint density at radius 1 is 0.791 bits per heavy atom. The van der Waals surface area contributed by atoms with Crippen LogP contribution in [0.25, 0.3) is 0 Å². The van der Waals surface area contributed by atoms with E-state index in [0.717, 1.165) is 55.2 Å². The third kappa shape index (κ3) is 7.58. The van der Waals surface area contributed by atoms with Crippen LogP contribution in [0.3, 0.4) is 0 Å². The predicted molar refractivity (Wildman–Crippen MR) is 178 cm³/mol. The standard InChI is InChI=1S/C39H52O4/c1-12-38(10)19-17-30(25(2)3)21-34(38)28(8)23-42-36(40)32-15-13-14-16-33(32)37(41)43-24-29(9)35-22-31(26(4)5)18-20-39(35,11)27(6)7/h12-16,30-31,34-35H,1-2,4,6,8-9,17-24H2,3,5,7,10-11H3/t30-,31-,34+,35+,38-,39+/m1/s1. The average molecular weight is 585 g/mol. The molecule has 2 fully saturated rings. The predicted octanol–water partition coefficient (Wildman–Crippen LogP) is 9.87. The molecule has 0 aromatic heterocycles. The van der Waals surface area contributed by atoms with Crippen LogP contribution in [0, 0.1) is 34.5 Å². The summed E-state index contributed by atoms with van der Waals surface area (Å²) in [6.07, 6.45) is 7.89. The van der Waals surface area contributed by atoms with Crippen LogP contribution in [-0.4, -0.2) is 25.2 Å². The molecule has 4 heteroatoms. The molecule has 2 aliphatic carbocycles. The SMILES string of the molecule is C=C[C@]1(C)CC[C@@H](C(=C)C)C[C@H]1C(=C)COC(=O)c1ccccc1C(=O)OCC(=C)[C@@H]1C[C@H](C(=C)C)CC[C@@]1(C)C(=C)C. The Bertz CT molecular complexity index is 1310. The molecular formula is C39H52O4. The Morgan fingerprint density at radius 2 is 1.23 bits per heavy atom. The molecule has 1 aromatic rings. The lowest BCUT2D eigenvalue weighted by molar-refractivity contribution is 0.0462. The van der Waals surface area contributed by atoms with Crippen molar-refractivity contribution in [2.45, 2.75) is 73.1 Å². The Morgan fingerprint density at radius 3 is 1.67 bits per heavy atom. The van der Waals surface area contributed by atoms with E-state index in [1.165, 1.54) is 11.1 Å². The van der Waals surface area contributed by atoms with E-state index >= 15 is 0 Å². The molecule has 232 valence electrons. The van der Waals surface area contributed by atoms with E-state index in [9.17, 15) is 9.59 Å². The monoisotopic (exact) mass is 584 g/mol. The van der Waals surface area contributed by atoms with Crippen LogP contribution < -0.4 is 0 Å². The summed E-state index contributed by atoms with van der Waals surface area (Å²) in [7, 11) is 0. The van der Waals surface area contributed by atoms with Crippen molar-refractivity contribution in [2.24, 2.45) is 34.5 Å². The number of rotatable bonds is 12. The lowest BCUT2D eigenvalue weighted by Crippen LogP contribution is -2.37. The highest BCUT2D eigenvalue weighted by Gasteiger charge is 2.42. The highest BCUT2D eigenvalue weighted by Crippen LogP contribution is 2.52. The van der Waals surface area contributed by atoms with Gasteiger partial charge in [0.25, 0.3) is 0 Å². The maximum atomic E-state index is 13.3. The molecule has 43 heavy (non-hydrogen) atoms. The maximum Gasteiger partial charge on any atom is 0.339 e. The van der Waals surface area contributed by atoms with Crippen molar-refractivity contribution in [1.29, 1.82) is 0 Å². The average Bonchev–Trinajstić information content (AvgIpc) is 2.98. The number of carbonyl (C=O) groups is 2. The van der Waals surface area contributed by atoms with Gasteiger partial charge < -0.3 is 9.47 Å². The van der Waals surface area contributed by atoms with Crippen molar-refractivity contribution in [3.63, 3.8) is 0 Å². The van der Waals surface area contributed by atoms with E-state index in [-0.39, 0.29) is 47.0 Å². The van der Waals surface area contributed by atoms with Gasteiger partial charge in [-0.15, -0.1) is 6.58 Å². The van der Waals surface area contributed by atoms with E-state index < -0.39 is 11.9 Å². The summed E-state index contributed by atoms with van der Waals surface area (Å²) in [4.78, 5) is 26.6. The van der Waals surface area contributed by atoms with Crippen LogP contribution in [0.4, 0.5) is 0 Å². The van der Waals surface area contributed by atoms with Crippen molar-refractivity contribution in [3.05, 3.63) is 109 Å². The molecule has 3 rings (SSSR count). The molecule has 0 N–H and O–H groups in total. The second-order valence-electron chi connectivity index (χ2n) is 13.7. The third-order valence-electron chi connectivity index (χ3n) is 10.6. The summed E-state index contributed by atoms with van der Waals surface area (Å²) < 4.78 is 11.5. The summed E-state index contributed by atoms with van der Waals surface area (Å²) in [5.41, 5.74) is 5.25. The van der Waals surface area contributed by atoms with Gasteiger partial charge in [-0.3, -0.25) is 0 Å². The van der Waals surface area contributed by atoms with Gasteiger partial charge in [-0.05, 0) is 117 Å². The summed E-state index contributed by atoms with van der Waals surface area (Å²) in [6, 6.07) is 6.62. The van der Waals surface area contributed by atoms with Crippen molar-refractivity contribution in [3.8, 4) is 0 Å². The molecule has 0 bridgehead atoms. The zero-order valence-electron chi connectivity index (χ0n) is 27.2. The molecule has 4 nitrogen and oxygen atoms in total. The van der Waals surface area contributed by atoms with Gasteiger partial charge >= 0.3 is 11.9 Å². The van der Waals surface area contributed by atoms with Gasteiger partial charge in [0.2, 0.25) is 0 Å². The number of esters is 2. The van der Waals surface area contributed by atoms with Gasteiger partial charge in [-0.2, -0.15) is 0 Å². The van der Waals surface area contributed by atoms with Crippen LogP contribution >= 0.6 is 0 Å². The zero-order valence-corrected chi connectivity index (χ0v) is 27.2. The van der Waals surface area contributed by atoms with Crippen LogP contribution in [0.2, 0.25) is 0 Å². The van der Waals surface area contributed by atoms with Crippen LogP contribution in [-0.2, 0) is 9.47 Å². The highest BCUT2D eigenvalue weighted by atomic mass is 16.5.